The fourth-order valence-corrected chi connectivity index (χ4v) is 5.81. The molecule has 4 aromatic rings. The van der Waals surface area contributed by atoms with Crippen molar-refractivity contribution in [2.75, 3.05) is 39.2 Å². The Kier molecular flexibility index (Phi) is 8.87. The van der Waals surface area contributed by atoms with E-state index in [4.69, 9.17) is 9.47 Å². The summed E-state index contributed by atoms with van der Waals surface area (Å²) in [4.78, 5) is 43.4. The van der Waals surface area contributed by atoms with Crippen LogP contribution in [0.3, 0.4) is 0 Å². The lowest BCUT2D eigenvalue weighted by Crippen LogP contribution is -2.46. The molecule has 0 aliphatic carbocycles. The Bertz CT molecular complexity index is 1480. The van der Waals surface area contributed by atoms with Crippen LogP contribution in [0.15, 0.2) is 61.2 Å². The number of nitrogens with one attached hydrogen (secondary N) is 1. The summed E-state index contributed by atoms with van der Waals surface area (Å²) in [5, 5.41) is 3.25. The lowest BCUT2D eigenvalue weighted by Gasteiger charge is -2.36. The van der Waals surface area contributed by atoms with E-state index in [1.54, 1.807) is 37.3 Å². The highest BCUT2D eigenvalue weighted by atomic mass is 32.1. The Morgan fingerprint density at radius 2 is 1.93 bits per heavy atom. The minimum absolute atomic E-state index is 0.0219. The van der Waals surface area contributed by atoms with Gasteiger partial charge in [0.15, 0.2) is 5.01 Å². The Morgan fingerprint density at radius 3 is 2.68 bits per heavy atom. The van der Waals surface area contributed by atoms with Gasteiger partial charge >= 0.3 is 0 Å². The van der Waals surface area contributed by atoms with E-state index in [9.17, 15) is 9.59 Å². The third kappa shape index (κ3) is 6.70. The van der Waals surface area contributed by atoms with Gasteiger partial charge in [-0.15, -0.1) is 11.3 Å². The summed E-state index contributed by atoms with van der Waals surface area (Å²) in [5.41, 5.74) is 2.64. The number of benzene rings is 2. The molecule has 2 aromatic carbocycles. The number of amides is 2. The molecule has 3 heterocycles. The van der Waals surface area contributed by atoms with Gasteiger partial charge in [-0.1, -0.05) is 19.1 Å². The summed E-state index contributed by atoms with van der Waals surface area (Å²) < 4.78 is 13.1. The minimum Gasteiger partial charge on any atom is -0.491 e. The van der Waals surface area contributed by atoms with Crippen molar-refractivity contribution in [3.8, 4) is 5.75 Å². The van der Waals surface area contributed by atoms with Crippen LogP contribution < -0.4 is 10.1 Å². The van der Waals surface area contributed by atoms with E-state index in [2.05, 4.69) is 39.0 Å². The van der Waals surface area contributed by atoms with Gasteiger partial charge in [0.1, 0.15) is 18.7 Å². The van der Waals surface area contributed by atoms with Crippen molar-refractivity contribution in [2.24, 2.45) is 5.92 Å². The van der Waals surface area contributed by atoms with Crippen molar-refractivity contribution >= 4 is 39.1 Å². The SMILES string of the molecule is CO[C@H]1CN(C)C(=O)c2cc(NC(=O)c3nc4ccccc4s3)ccc2OC[C@@H](C)N(Cc2cncnc2)C[C@@H]1C. The molecule has 214 valence electrons. The lowest BCUT2D eigenvalue weighted by molar-refractivity contribution is 0.00918. The van der Waals surface area contributed by atoms with E-state index in [0.717, 1.165) is 22.3 Å². The Morgan fingerprint density at radius 1 is 1.15 bits per heavy atom. The Labute approximate surface area is 243 Å². The zero-order valence-electron chi connectivity index (χ0n) is 23.6. The van der Waals surface area contributed by atoms with Gasteiger partial charge in [0, 0.05) is 63.5 Å². The van der Waals surface area contributed by atoms with Crippen molar-refractivity contribution < 1.29 is 19.1 Å². The molecule has 10 nitrogen and oxygen atoms in total. The van der Waals surface area contributed by atoms with Gasteiger partial charge in [-0.25, -0.2) is 15.0 Å². The van der Waals surface area contributed by atoms with Crippen LogP contribution in [0.2, 0.25) is 0 Å². The molecule has 0 radical (unpaired) electrons. The predicted molar refractivity (Wildman–Crippen MR) is 158 cm³/mol. The summed E-state index contributed by atoms with van der Waals surface area (Å²) >= 11 is 1.32. The Hall–Kier alpha value is -3.93. The topological polar surface area (TPSA) is 110 Å². The summed E-state index contributed by atoms with van der Waals surface area (Å²) in [7, 11) is 3.43. The second kappa shape index (κ2) is 12.7. The van der Waals surface area contributed by atoms with E-state index in [-0.39, 0.29) is 29.9 Å². The fraction of sp³-hybridized carbons (Fsp3) is 0.367. The number of nitrogens with zero attached hydrogens (tertiary/aromatic N) is 5. The summed E-state index contributed by atoms with van der Waals surface area (Å²) in [6.07, 6.45) is 4.98. The zero-order chi connectivity index (χ0) is 28.9. The van der Waals surface area contributed by atoms with Crippen LogP contribution in [0.4, 0.5) is 5.69 Å². The van der Waals surface area contributed by atoms with Crippen LogP contribution in [-0.4, -0.2) is 82.6 Å². The predicted octanol–water partition coefficient (Wildman–Crippen LogP) is 4.34. The molecule has 2 amide bonds. The van der Waals surface area contributed by atoms with Crippen molar-refractivity contribution in [1.82, 2.24) is 24.8 Å². The van der Waals surface area contributed by atoms with E-state index < -0.39 is 0 Å². The number of para-hydroxylation sites is 1. The van der Waals surface area contributed by atoms with Crippen molar-refractivity contribution in [3.63, 3.8) is 0 Å². The van der Waals surface area contributed by atoms with Crippen LogP contribution in [0, 0.1) is 5.92 Å². The molecular formula is C30H34N6O4S. The summed E-state index contributed by atoms with van der Waals surface area (Å²) in [6, 6.07) is 12.8. The number of likely N-dealkylation sites (N-methyl/N-ethyl adjacent to an activating group) is 1. The van der Waals surface area contributed by atoms with Gasteiger partial charge < -0.3 is 19.7 Å². The van der Waals surface area contributed by atoms with Gasteiger partial charge in [0.05, 0.1) is 21.9 Å². The quantitative estimate of drug-likeness (QED) is 0.375. The number of hydrogen-bond acceptors (Lipinski definition) is 9. The van der Waals surface area contributed by atoms with Crippen molar-refractivity contribution in [1.29, 1.82) is 0 Å². The average Bonchev–Trinajstić information content (AvgIpc) is 3.43. The largest absolute Gasteiger partial charge is 0.491 e. The molecule has 41 heavy (non-hydrogen) atoms. The van der Waals surface area contributed by atoms with Crippen LogP contribution in [0.25, 0.3) is 10.2 Å². The maximum atomic E-state index is 13.7. The summed E-state index contributed by atoms with van der Waals surface area (Å²) in [6.45, 7) is 6.39. The third-order valence-electron chi connectivity index (χ3n) is 7.32. The highest BCUT2D eigenvalue weighted by Gasteiger charge is 2.29. The molecule has 0 saturated carbocycles. The van der Waals surface area contributed by atoms with Crippen molar-refractivity contribution in [3.05, 3.63) is 77.3 Å². The second-order valence-corrected chi connectivity index (χ2v) is 11.5. The number of rotatable bonds is 5. The number of methoxy groups -OCH3 is 1. The maximum absolute atomic E-state index is 13.7. The average molecular weight is 575 g/mol. The number of aromatic nitrogens is 3. The molecule has 1 aliphatic rings. The van der Waals surface area contributed by atoms with Gasteiger partial charge in [0.2, 0.25) is 0 Å². The van der Waals surface area contributed by atoms with Crippen LogP contribution in [0.5, 0.6) is 5.75 Å². The number of anilines is 1. The summed E-state index contributed by atoms with van der Waals surface area (Å²) in [5.74, 6) is 0.0400. The fourth-order valence-electron chi connectivity index (χ4n) is 4.95. The highest BCUT2D eigenvalue weighted by molar-refractivity contribution is 7.20. The molecule has 3 atom stereocenters. The number of fused-ring (bicyclic) bond motifs is 2. The maximum Gasteiger partial charge on any atom is 0.284 e. The first-order chi connectivity index (χ1) is 19.8. The number of ether oxygens (including phenoxy) is 2. The van der Waals surface area contributed by atoms with Crippen LogP contribution in [-0.2, 0) is 11.3 Å². The van der Waals surface area contributed by atoms with Crippen LogP contribution >= 0.6 is 11.3 Å². The van der Waals surface area contributed by atoms with E-state index in [1.165, 1.54) is 17.7 Å². The molecule has 0 fully saturated rings. The second-order valence-electron chi connectivity index (χ2n) is 10.4. The molecule has 5 rings (SSSR count). The molecule has 0 unspecified atom stereocenters. The first kappa shape index (κ1) is 28.6. The normalized spacial score (nSPS) is 20.5. The number of carbonyl (C=O) groups is 2. The molecule has 11 heteroatoms. The molecule has 1 aliphatic heterocycles. The molecular weight excluding hydrogens is 540 g/mol. The van der Waals surface area contributed by atoms with E-state index in [0.29, 0.717) is 41.7 Å². The monoisotopic (exact) mass is 574 g/mol. The van der Waals surface area contributed by atoms with Gasteiger partial charge in [-0.2, -0.15) is 0 Å². The van der Waals surface area contributed by atoms with Crippen LogP contribution in [0.1, 0.15) is 39.6 Å². The number of carbonyl (C=O) groups excluding carboxylic acids is 2. The number of hydrogen-bond donors (Lipinski definition) is 1. The molecule has 1 N–H and O–H groups in total. The molecule has 2 aromatic heterocycles. The minimum atomic E-state index is -0.330. The Balaban J connectivity index is 1.41. The molecule has 0 saturated heterocycles. The first-order valence-electron chi connectivity index (χ1n) is 13.5. The molecule has 0 spiro atoms. The smallest absolute Gasteiger partial charge is 0.284 e. The van der Waals surface area contributed by atoms with Gasteiger partial charge in [-0.3, -0.25) is 14.5 Å². The van der Waals surface area contributed by atoms with E-state index in [1.807, 2.05) is 36.7 Å². The zero-order valence-corrected chi connectivity index (χ0v) is 24.4. The lowest BCUT2D eigenvalue weighted by atomic mass is 10.0. The van der Waals surface area contributed by atoms with Crippen molar-refractivity contribution in [2.45, 2.75) is 32.5 Å². The van der Waals surface area contributed by atoms with Gasteiger partial charge in [0.25, 0.3) is 11.8 Å². The van der Waals surface area contributed by atoms with E-state index >= 15 is 0 Å². The third-order valence-corrected chi connectivity index (χ3v) is 8.35. The van der Waals surface area contributed by atoms with Gasteiger partial charge in [-0.05, 0) is 43.2 Å². The number of thiazole rings is 1. The standard InChI is InChI=1S/C30H34N6O4S/c1-19-14-36(15-21-12-31-18-32-13-21)20(2)17-40-25-10-9-22(11-23(25)30(38)35(3)16-26(19)39-4)33-28(37)29-34-24-7-5-6-8-27(24)41-29/h5-13,18-20,26H,14-17H2,1-4H3,(H,33,37)/t19-,20+,26-/m0/s1. The highest BCUT2D eigenvalue weighted by Crippen LogP contribution is 2.28. The molecule has 0 bridgehead atoms. The first-order valence-corrected chi connectivity index (χ1v) is 14.3.